The number of rotatable bonds is 13. The molecule has 0 spiro atoms. The molecule has 0 aliphatic heterocycles. The van der Waals surface area contributed by atoms with Crippen LogP contribution in [0.15, 0.2) is 30.5 Å². The number of hydrogen-bond donors (Lipinski definition) is 6. The van der Waals surface area contributed by atoms with Gasteiger partial charge in [-0.3, -0.25) is 15.0 Å². The van der Waals surface area contributed by atoms with E-state index in [-0.39, 0.29) is 24.8 Å². The third-order valence-corrected chi connectivity index (χ3v) is 4.96. The number of aryl methyl sites for hydroxylation is 1. The lowest BCUT2D eigenvalue weighted by Gasteiger charge is -2.19. The highest BCUT2D eigenvalue weighted by molar-refractivity contribution is 5.88. The summed E-state index contributed by atoms with van der Waals surface area (Å²) < 4.78 is 0. The summed E-state index contributed by atoms with van der Waals surface area (Å²) in [5, 5.41) is 26.1. The predicted octanol–water partition coefficient (Wildman–Crippen LogP) is 2.00. The van der Waals surface area contributed by atoms with Crippen molar-refractivity contribution in [1.82, 2.24) is 26.4 Å². The molecule has 0 saturated carbocycles. The van der Waals surface area contributed by atoms with Gasteiger partial charge in [-0.1, -0.05) is 37.5 Å². The molecule has 6 N–H and O–H groups in total. The Labute approximate surface area is 192 Å². The number of H-pyrrole nitrogens is 1. The van der Waals surface area contributed by atoms with Crippen LogP contribution in [0.25, 0.3) is 10.9 Å². The Morgan fingerprint density at radius 3 is 2.76 bits per heavy atom. The normalized spacial score (nSPS) is 11.7. The number of hydrogen-bond acceptors (Lipinski definition) is 5. The number of carbonyl (C=O) groups excluding carboxylic acids is 2. The van der Waals surface area contributed by atoms with Crippen LogP contribution in [0.3, 0.4) is 0 Å². The van der Waals surface area contributed by atoms with E-state index >= 15 is 0 Å². The SMILES string of the molecule is CC(C)C[CH]NC(=O)[C@H](CCCNC(=N)N[N+](=O)[O-])NC(=O)CCc1c[nH]c2ccccc12. The van der Waals surface area contributed by atoms with E-state index in [1.54, 1.807) is 12.0 Å². The van der Waals surface area contributed by atoms with Crippen molar-refractivity contribution in [3.63, 3.8) is 0 Å². The summed E-state index contributed by atoms with van der Waals surface area (Å²) in [6.45, 7) is 6.00. The molecule has 33 heavy (non-hydrogen) atoms. The minimum Gasteiger partial charge on any atom is -0.361 e. The van der Waals surface area contributed by atoms with Crippen LogP contribution in [-0.2, 0) is 16.0 Å². The van der Waals surface area contributed by atoms with Crippen molar-refractivity contribution < 1.29 is 14.6 Å². The van der Waals surface area contributed by atoms with Crippen molar-refractivity contribution in [2.45, 2.75) is 52.0 Å². The topological polar surface area (TPSA) is 165 Å². The van der Waals surface area contributed by atoms with Crippen LogP contribution in [0.4, 0.5) is 0 Å². The van der Waals surface area contributed by atoms with Gasteiger partial charge >= 0.3 is 0 Å². The van der Waals surface area contributed by atoms with Gasteiger partial charge in [0.15, 0.2) is 5.03 Å². The van der Waals surface area contributed by atoms with Crippen molar-refractivity contribution in [3.05, 3.63) is 52.7 Å². The average Bonchev–Trinajstić information content (AvgIpc) is 3.16. The maximum atomic E-state index is 12.6. The summed E-state index contributed by atoms with van der Waals surface area (Å²) in [5.74, 6) is -0.595. The van der Waals surface area contributed by atoms with Crippen LogP contribution in [-0.4, -0.2) is 40.4 Å². The highest BCUT2D eigenvalue weighted by Crippen LogP contribution is 2.19. The first kappa shape index (κ1) is 25.6. The van der Waals surface area contributed by atoms with Crippen LogP contribution >= 0.6 is 0 Å². The van der Waals surface area contributed by atoms with Gasteiger partial charge in [0.1, 0.15) is 6.04 Å². The molecule has 1 heterocycles. The molecule has 2 aromatic rings. The van der Waals surface area contributed by atoms with E-state index in [4.69, 9.17) is 5.41 Å². The number of aromatic amines is 1. The second-order valence-corrected chi connectivity index (χ2v) is 8.13. The van der Waals surface area contributed by atoms with Gasteiger partial charge in [-0.2, -0.15) is 0 Å². The lowest BCUT2D eigenvalue weighted by Crippen LogP contribution is -2.47. The number of fused-ring (bicyclic) bond motifs is 1. The van der Waals surface area contributed by atoms with E-state index in [9.17, 15) is 19.7 Å². The van der Waals surface area contributed by atoms with Gasteiger partial charge in [-0.15, -0.1) is 0 Å². The monoisotopic (exact) mass is 458 g/mol. The maximum absolute atomic E-state index is 12.6. The zero-order valence-corrected chi connectivity index (χ0v) is 18.9. The van der Waals surface area contributed by atoms with Gasteiger partial charge in [0.25, 0.3) is 5.96 Å². The summed E-state index contributed by atoms with van der Waals surface area (Å²) in [6.07, 6.45) is 4.11. The molecular formula is C22H32N7O4. The van der Waals surface area contributed by atoms with Gasteiger partial charge in [-0.25, -0.2) is 10.1 Å². The van der Waals surface area contributed by atoms with E-state index in [2.05, 4.69) is 20.9 Å². The molecule has 0 unspecified atom stereocenters. The molecule has 2 rings (SSSR count). The fourth-order valence-corrected chi connectivity index (χ4v) is 3.27. The largest absolute Gasteiger partial charge is 0.361 e. The smallest absolute Gasteiger partial charge is 0.251 e. The Hall–Kier alpha value is -3.63. The number of guanidine groups is 1. The van der Waals surface area contributed by atoms with Gasteiger partial charge in [0.05, 0.1) is 0 Å². The fraction of sp³-hybridized carbons (Fsp3) is 0.455. The van der Waals surface area contributed by atoms with Crippen LogP contribution in [0, 0.1) is 28.0 Å². The van der Waals surface area contributed by atoms with Crippen LogP contribution in [0.1, 0.15) is 45.1 Å². The molecule has 179 valence electrons. The van der Waals surface area contributed by atoms with Crippen LogP contribution in [0.5, 0.6) is 0 Å². The molecule has 1 radical (unpaired) electrons. The van der Waals surface area contributed by atoms with E-state index in [0.29, 0.717) is 31.6 Å². The Balaban J connectivity index is 1.87. The number of amides is 2. The Morgan fingerprint density at radius 2 is 2.03 bits per heavy atom. The first-order valence-corrected chi connectivity index (χ1v) is 11.0. The summed E-state index contributed by atoms with van der Waals surface area (Å²) in [4.78, 5) is 38.7. The Morgan fingerprint density at radius 1 is 1.27 bits per heavy atom. The fourth-order valence-electron chi connectivity index (χ4n) is 3.27. The van der Waals surface area contributed by atoms with Crippen LogP contribution in [0.2, 0.25) is 0 Å². The van der Waals surface area contributed by atoms with Crippen molar-refractivity contribution in [1.29, 1.82) is 5.41 Å². The summed E-state index contributed by atoms with van der Waals surface area (Å²) in [6, 6.07) is 7.12. The van der Waals surface area contributed by atoms with E-state index in [0.717, 1.165) is 16.5 Å². The summed E-state index contributed by atoms with van der Waals surface area (Å²) in [7, 11) is 0. The standard InChI is InChI=1S/C22H32N7O4/c1-15(2)11-13-24-21(31)19(8-5-12-25-22(23)28-29(32)33)27-20(30)10-9-16-14-26-18-7-4-3-6-17(16)18/h3-4,6-7,13-15,19,26H,5,8-12H2,1-2H3,(H,24,31)(H,27,30)(H3,23,25,28)/t19-/m0/s1. The number of aromatic nitrogens is 1. The summed E-state index contributed by atoms with van der Waals surface area (Å²) in [5.41, 5.74) is 3.75. The van der Waals surface area contributed by atoms with Gasteiger partial charge in [-0.05, 0) is 43.2 Å². The molecule has 1 aromatic carbocycles. The van der Waals surface area contributed by atoms with Crippen LogP contribution < -0.4 is 21.4 Å². The number of nitrogens with one attached hydrogen (secondary N) is 6. The second-order valence-electron chi connectivity index (χ2n) is 8.13. The van der Waals surface area contributed by atoms with Gasteiger partial charge < -0.3 is 20.9 Å². The molecule has 1 aromatic heterocycles. The minimum absolute atomic E-state index is 0.233. The van der Waals surface area contributed by atoms with E-state index < -0.39 is 17.0 Å². The quantitative estimate of drug-likeness (QED) is 0.0883. The maximum Gasteiger partial charge on any atom is 0.251 e. The van der Waals surface area contributed by atoms with Gasteiger partial charge in [0.2, 0.25) is 11.8 Å². The van der Waals surface area contributed by atoms with Crippen molar-refractivity contribution in [3.8, 4) is 0 Å². The third kappa shape index (κ3) is 9.17. The molecule has 11 heteroatoms. The van der Waals surface area contributed by atoms with E-state index in [1.807, 2.05) is 44.3 Å². The minimum atomic E-state index is -0.829. The molecule has 0 bridgehead atoms. The Bertz CT molecular complexity index is 957. The third-order valence-electron chi connectivity index (χ3n) is 4.96. The first-order valence-electron chi connectivity index (χ1n) is 11.0. The zero-order valence-electron chi connectivity index (χ0n) is 18.9. The lowest BCUT2D eigenvalue weighted by molar-refractivity contribution is -0.525. The highest BCUT2D eigenvalue weighted by atomic mass is 16.7. The molecule has 0 fully saturated rings. The second kappa shape index (κ2) is 13.0. The number of hydrazine groups is 1. The molecule has 2 amide bonds. The highest BCUT2D eigenvalue weighted by Gasteiger charge is 2.20. The molecule has 11 nitrogen and oxygen atoms in total. The molecular weight excluding hydrogens is 426 g/mol. The number of nitrogens with zero attached hydrogens (tertiary/aromatic N) is 1. The van der Waals surface area contributed by atoms with Gasteiger partial charge in [0, 0.05) is 36.6 Å². The van der Waals surface area contributed by atoms with Crippen molar-refractivity contribution in [2.75, 3.05) is 6.54 Å². The number of carbonyl (C=O) groups is 2. The summed E-state index contributed by atoms with van der Waals surface area (Å²) >= 11 is 0. The predicted molar refractivity (Wildman–Crippen MR) is 126 cm³/mol. The lowest BCUT2D eigenvalue weighted by atomic mass is 10.1. The number of benzene rings is 1. The number of nitro groups is 1. The van der Waals surface area contributed by atoms with Crippen molar-refractivity contribution >= 4 is 28.7 Å². The van der Waals surface area contributed by atoms with Crippen molar-refractivity contribution in [2.24, 2.45) is 5.92 Å². The number of para-hydroxylation sites is 1. The molecule has 0 aliphatic rings. The average molecular weight is 459 g/mol. The first-order chi connectivity index (χ1) is 15.8. The zero-order chi connectivity index (χ0) is 24.2. The molecule has 0 aliphatic carbocycles. The van der Waals surface area contributed by atoms with E-state index in [1.165, 1.54) is 0 Å². The molecule has 0 saturated heterocycles. The molecule has 1 atom stereocenters. The Kier molecular flexibility index (Phi) is 10.1.